The molecule has 0 fully saturated rings. The summed E-state index contributed by atoms with van der Waals surface area (Å²) in [6.07, 6.45) is 6.60. The molecule has 2 atom stereocenters. The van der Waals surface area contributed by atoms with E-state index < -0.39 is 17.8 Å². The number of nitrogens with two attached hydrogens (primary N) is 1. The minimum absolute atomic E-state index is 0.0175. The number of amides is 2. The summed E-state index contributed by atoms with van der Waals surface area (Å²) < 4.78 is 1.28. The summed E-state index contributed by atoms with van der Waals surface area (Å²) in [5, 5.41) is 31.3. The van der Waals surface area contributed by atoms with Gasteiger partial charge in [0.1, 0.15) is 17.7 Å². The second kappa shape index (κ2) is 12.0. The molecule has 0 aliphatic heterocycles. The van der Waals surface area contributed by atoms with Gasteiger partial charge in [0.05, 0.1) is 11.6 Å². The van der Waals surface area contributed by atoms with Crippen LogP contribution in [0.4, 0.5) is 0 Å². The zero-order valence-corrected chi connectivity index (χ0v) is 24.4. The topological polar surface area (TPSA) is 213 Å². The molecule has 6 rings (SSSR count). The lowest BCUT2D eigenvalue weighted by Crippen LogP contribution is -2.42. The smallest absolute Gasteiger partial charge is 0.335 e. The number of aromatic nitrogens is 4. The molecule has 2 amide bonds. The lowest BCUT2D eigenvalue weighted by atomic mass is 9.87. The van der Waals surface area contributed by atoms with Crippen molar-refractivity contribution >= 4 is 29.5 Å². The largest absolute Gasteiger partial charge is 0.478 e. The summed E-state index contributed by atoms with van der Waals surface area (Å²) in [5.41, 5.74) is 11.8. The van der Waals surface area contributed by atoms with E-state index in [1.54, 1.807) is 25.2 Å². The molecule has 2 aliphatic carbocycles. The van der Waals surface area contributed by atoms with E-state index in [1.165, 1.54) is 22.5 Å². The molecule has 45 heavy (non-hydrogen) atoms. The Morgan fingerprint density at radius 3 is 2.76 bits per heavy atom. The molecule has 2 aliphatic rings. The van der Waals surface area contributed by atoms with E-state index in [2.05, 4.69) is 36.0 Å². The molecular formula is C31H30N10O4. The molecule has 0 saturated heterocycles. The van der Waals surface area contributed by atoms with E-state index in [-0.39, 0.29) is 47.3 Å². The SMILES string of the molecule is Cc1c(C(=O)O)ccc2c1CC[C@@H]2NC(=O)c1cc(C(=O)NCc2ccc3c(c2)CC(NC(N)=NC#N)CC3)nc2ncnn12. The number of carbonyl (C=O) groups is 3. The summed E-state index contributed by atoms with van der Waals surface area (Å²) in [6.45, 7) is 2.02. The molecule has 14 heteroatoms. The number of nitrogens with one attached hydrogen (secondary N) is 3. The standard InChI is InChI=1S/C31H30N10O4/c1-16-21-8-9-24(23(21)7-6-22(16)29(44)45)39-28(43)26-12-25(40-31-36-15-37-41(26)31)27(42)34-13-17-2-3-18-4-5-20(11-19(18)10-17)38-30(33)35-14-32/h2-3,6-7,10,12,15,20,24H,4-5,8-9,11,13H2,1H3,(H,34,42)(H,39,43)(H,44,45)(H3,33,35,38)/t20?,24-/m0/s1. The van der Waals surface area contributed by atoms with Gasteiger partial charge < -0.3 is 26.8 Å². The summed E-state index contributed by atoms with van der Waals surface area (Å²) in [6, 6.07) is 10.5. The fraction of sp³-hybridized carbons (Fsp3) is 0.290. The van der Waals surface area contributed by atoms with Crippen molar-refractivity contribution < 1.29 is 19.5 Å². The zero-order valence-electron chi connectivity index (χ0n) is 24.4. The highest BCUT2D eigenvalue weighted by Gasteiger charge is 2.29. The maximum atomic E-state index is 13.5. The maximum absolute atomic E-state index is 13.5. The number of carboxylic acid groups (broad SMARTS) is 1. The average Bonchev–Trinajstić information content (AvgIpc) is 3.67. The van der Waals surface area contributed by atoms with Crippen LogP contribution in [0.5, 0.6) is 0 Å². The first-order valence-electron chi connectivity index (χ1n) is 14.5. The first kappa shape index (κ1) is 29.2. The van der Waals surface area contributed by atoms with Gasteiger partial charge in [-0.05, 0) is 78.5 Å². The van der Waals surface area contributed by atoms with Crippen LogP contribution in [0.25, 0.3) is 5.78 Å². The minimum atomic E-state index is -0.985. The van der Waals surface area contributed by atoms with Crippen LogP contribution >= 0.6 is 0 Å². The maximum Gasteiger partial charge on any atom is 0.335 e. The third-order valence-electron chi connectivity index (χ3n) is 8.42. The van der Waals surface area contributed by atoms with Crippen molar-refractivity contribution in [1.82, 2.24) is 35.5 Å². The minimum Gasteiger partial charge on any atom is -0.478 e. The van der Waals surface area contributed by atoms with E-state index in [9.17, 15) is 19.5 Å². The lowest BCUT2D eigenvalue weighted by Gasteiger charge is -2.26. The van der Waals surface area contributed by atoms with Crippen molar-refractivity contribution in [2.75, 3.05) is 0 Å². The van der Waals surface area contributed by atoms with Gasteiger partial charge in [0, 0.05) is 18.7 Å². The van der Waals surface area contributed by atoms with Crippen molar-refractivity contribution in [2.24, 2.45) is 10.7 Å². The van der Waals surface area contributed by atoms with E-state index in [0.717, 1.165) is 35.1 Å². The van der Waals surface area contributed by atoms with Gasteiger partial charge in [-0.25, -0.2) is 9.78 Å². The number of carbonyl (C=O) groups excluding carboxylic acids is 2. The Morgan fingerprint density at radius 2 is 1.96 bits per heavy atom. The highest BCUT2D eigenvalue weighted by molar-refractivity contribution is 5.98. The molecule has 228 valence electrons. The van der Waals surface area contributed by atoms with Gasteiger partial charge in [-0.15, -0.1) is 4.99 Å². The van der Waals surface area contributed by atoms with Crippen LogP contribution in [0, 0.1) is 18.4 Å². The fourth-order valence-electron chi connectivity index (χ4n) is 6.20. The van der Waals surface area contributed by atoms with Crippen LogP contribution < -0.4 is 21.7 Å². The van der Waals surface area contributed by atoms with Gasteiger partial charge in [0.2, 0.25) is 12.2 Å². The van der Waals surface area contributed by atoms with Gasteiger partial charge >= 0.3 is 5.97 Å². The summed E-state index contributed by atoms with van der Waals surface area (Å²) >= 11 is 0. The van der Waals surface area contributed by atoms with E-state index in [1.807, 2.05) is 18.2 Å². The van der Waals surface area contributed by atoms with Gasteiger partial charge in [0.15, 0.2) is 0 Å². The summed E-state index contributed by atoms with van der Waals surface area (Å²) in [5.74, 6) is -1.72. The van der Waals surface area contributed by atoms with Gasteiger partial charge in [-0.1, -0.05) is 24.3 Å². The molecule has 14 nitrogen and oxygen atoms in total. The summed E-state index contributed by atoms with van der Waals surface area (Å²) in [4.78, 5) is 50.2. The normalized spacial score (nSPS) is 17.2. The molecular weight excluding hydrogens is 576 g/mol. The van der Waals surface area contributed by atoms with Gasteiger partial charge in [0.25, 0.3) is 17.6 Å². The van der Waals surface area contributed by atoms with E-state index in [0.29, 0.717) is 24.8 Å². The molecule has 6 N–H and O–H groups in total. The van der Waals surface area contributed by atoms with Crippen molar-refractivity contribution in [3.63, 3.8) is 0 Å². The van der Waals surface area contributed by atoms with Crippen LogP contribution in [-0.4, -0.2) is 54.5 Å². The molecule has 1 unspecified atom stereocenters. The second-order valence-electron chi connectivity index (χ2n) is 11.1. The predicted octanol–water partition coefficient (Wildman–Crippen LogP) is 1.72. The number of benzene rings is 2. The van der Waals surface area contributed by atoms with E-state index in [4.69, 9.17) is 11.0 Å². The van der Waals surface area contributed by atoms with Crippen LogP contribution in [0.2, 0.25) is 0 Å². The van der Waals surface area contributed by atoms with Gasteiger partial charge in [-0.2, -0.15) is 19.9 Å². The number of aryl methyl sites for hydroxylation is 1. The number of guanidine groups is 1. The first-order valence-corrected chi connectivity index (χ1v) is 14.5. The number of hydrogen-bond donors (Lipinski definition) is 5. The monoisotopic (exact) mass is 606 g/mol. The molecule has 2 aromatic heterocycles. The quantitative estimate of drug-likeness (QED) is 0.117. The summed E-state index contributed by atoms with van der Waals surface area (Å²) in [7, 11) is 0. The van der Waals surface area contributed by atoms with Crippen molar-refractivity contribution in [2.45, 2.75) is 57.7 Å². The second-order valence-corrected chi connectivity index (χ2v) is 11.1. The Kier molecular flexibility index (Phi) is 7.82. The highest BCUT2D eigenvalue weighted by Crippen LogP contribution is 2.35. The third-order valence-corrected chi connectivity index (χ3v) is 8.42. The molecule has 0 bridgehead atoms. The Morgan fingerprint density at radius 1 is 1.11 bits per heavy atom. The number of aliphatic imine (C=N–C) groups is 1. The van der Waals surface area contributed by atoms with Crippen molar-refractivity contribution in [3.05, 3.63) is 93.1 Å². The Bertz CT molecular complexity index is 1930. The number of nitriles is 1. The number of fused-ring (bicyclic) bond motifs is 3. The molecule has 2 aromatic carbocycles. The van der Waals surface area contributed by atoms with Crippen LogP contribution in [0.15, 0.2) is 47.7 Å². The van der Waals surface area contributed by atoms with Crippen LogP contribution in [-0.2, 0) is 25.8 Å². The van der Waals surface area contributed by atoms with Crippen molar-refractivity contribution in [1.29, 1.82) is 5.26 Å². The molecule has 4 aromatic rings. The van der Waals surface area contributed by atoms with Crippen molar-refractivity contribution in [3.8, 4) is 6.19 Å². The van der Waals surface area contributed by atoms with Crippen LogP contribution in [0.1, 0.15) is 83.6 Å². The van der Waals surface area contributed by atoms with Crippen LogP contribution in [0.3, 0.4) is 0 Å². The fourth-order valence-corrected chi connectivity index (χ4v) is 6.20. The molecule has 2 heterocycles. The number of rotatable bonds is 7. The van der Waals surface area contributed by atoms with E-state index >= 15 is 0 Å². The number of carboxylic acids is 1. The number of nitrogens with zero attached hydrogens (tertiary/aromatic N) is 6. The molecule has 0 spiro atoms. The molecule has 0 saturated carbocycles. The Labute approximate surface area is 257 Å². The lowest BCUT2D eigenvalue weighted by molar-refractivity contribution is 0.0695. The molecule has 0 radical (unpaired) electrons. The number of aromatic carboxylic acids is 1. The Balaban J connectivity index is 1.16. The Hall–Kier alpha value is -5.84. The zero-order chi connectivity index (χ0) is 31.7. The first-order chi connectivity index (χ1) is 21.7. The van der Waals surface area contributed by atoms with Gasteiger partial charge in [-0.3, -0.25) is 9.59 Å². The predicted molar refractivity (Wildman–Crippen MR) is 161 cm³/mol. The highest BCUT2D eigenvalue weighted by atomic mass is 16.4. The third kappa shape index (κ3) is 5.87. The number of hydrogen-bond acceptors (Lipinski definition) is 8. The average molecular weight is 607 g/mol.